The van der Waals surface area contributed by atoms with Crippen molar-refractivity contribution in [1.29, 1.82) is 0 Å². The molecule has 0 amide bonds. The molecule has 0 aliphatic heterocycles. The van der Waals surface area contributed by atoms with Gasteiger partial charge in [0.2, 0.25) is 0 Å². The molecule has 27 heavy (non-hydrogen) atoms. The number of halogens is 2. The summed E-state index contributed by atoms with van der Waals surface area (Å²) in [5.74, 6) is 1.85. The van der Waals surface area contributed by atoms with Crippen molar-refractivity contribution < 1.29 is 9.47 Å². The normalized spacial score (nSPS) is 12.2. The van der Waals surface area contributed by atoms with Crippen LogP contribution in [0.4, 0.5) is 0 Å². The first kappa shape index (κ1) is 21.1. The van der Waals surface area contributed by atoms with Crippen molar-refractivity contribution in [1.82, 2.24) is 9.55 Å². The van der Waals surface area contributed by atoms with Crippen molar-refractivity contribution in [2.24, 2.45) is 12.0 Å². The van der Waals surface area contributed by atoms with Crippen LogP contribution in [0.1, 0.15) is 25.2 Å². The minimum atomic E-state index is 0.447. The van der Waals surface area contributed by atoms with Crippen molar-refractivity contribution in [3.8, 4) is 11.5 Å². The molecule has 0 spiro atoms. The molecule has 0 atom stereocenters. The number of nitrogens with zero attached hydrogens (tertiary/aromatic N) is 3. The third-order valence-electron chi connectivity index (χ3n) is 3.92. The summed E-state index contributed by atoms with van der Waals surface area (Å²) < 4.78 is 13.0. The molecule has 0 unspecified atom stereocenters. The molecule has 0 saturated carbocycles. The van der Waals surface area contributed by atoms with Gasteiger partial charge in [-0.15, -0.1) is 0 Å². The van der Waals surface area contributed by atoms with E-state index in [0.717, 1.165) is 22.5 Å². The Morgan fingerprint density at radius 1 is 1.33 bits per heavy atom. The van der Waals surface area contributed by atoms with Gasteiger partial charge < -0.3 is 14.0 Å². The molecule has 0 aliphatic carbocycles. The van der Waals surface area contributed by atoms with Crippen molar-refractivity contribution in [3.05, 3.63) is 57.7 Å². The highest BCUT2D eigenvalue weighted by Crippen LogP contribution is 2.42. The Labute approximate surface area is 169 Å². The number of hydrogen-bond acceptors (Lipinski definition) is 4. The smallest absolute Gasteiger partial charge is 0.141 e. The molecule has 1 aromatic carbocycles. The molecule has 0 radical (unpaired) electrons. The molecule has 5 nitrogen and oxygen atoms in total. The third-order valence-corrected chi connectivity index (χ3v) is 4.75. The summed E-state index contributed by atoms with van der Waals surface area (Å²) in [6, 6.07) is 1.70. The number of aromatic nitrogens is 2. The zero-order valence-electron chi connectivity index (χ0n) is 15.9. The van der Waals surface area contributed by atoms with Gasteiger partial charge in [0.15, 0.2) is 0 Å². The molecule has 0 fully saturated rings. The first-order chi connectivity index (χ1) is 12.9. The van der Waals surface area contributed by atoms with Gasteiger partial charge in [0.1, 0.15) is 17.3 Å². The molecule has 2 aromatic rings. The lowest BCUT2D eigenvalue weighted by molar-refractivity contribution is 0.336. The van der Waals surface area contributed by atoms with E-state index in [1.54, 1.807) is 25.6 Å². The van der Waals surface area contributed by atoms with Crippen molar-refractivity contribution >= 4 is 35.5 Å². The quantitative estimate of drug-likeness (QED) is 0.436. The van der Waals surface area contributed by atoms with Gasteiger partial charge in [-0.05, 0) is 31.7 Å². The highest BCUT2D eigenvalue weighted by molar-refractivity contribution is 6.38. The number of ether oxygens (including phenoxy) is 2. The second-order valence-electron chi connectivity index (χ2n) is 5.88. The van der Waals surface area contributed by atoms with Crippen molar-refractivity contribution in [3.63, 3.8) is 0 Å². The fraction of sp³-hybridized carbons (Fsp3) is 0.300. The fourth-order valence-corrected chi connectivity index (χ4v) is 3.33. The van der Waals surface area contributed by atoms with Crippen LogP contribution in [0.25, 0.3) is 5.57 Å². The van der Waals surface area contributed by atoms with Gasteiger partial charge in [-0.2, -0.15) is 0 Å². The lowest BCUT2D eigenvalue weighted by atomic mass is 10.0. The van der Waals surface area contributed by atoms with E-state index in [4.69, 9.17) is 32.7 Å². The molecule has 0 bridgehead atoms. The Morgan fingerprint density at radius 3 is 2.59 bits per heavy atom. The molecule has 1 heterocycles. The highest BCUT2D eigenvalue weighted by atomic mass is 35.5. The number of methoxy groups -OCH3 is 1. The first-order valence-electron chi connectivity index (χ1n) is 8.41. The summed E-state index contributed by atoms with van der Waals surface area (Å²) in [6.45, 7) is 7.83. The predicted molar refractivity (Wildman–Crippen MR) is 112 cm³/mol. The number of hydrogen-bond donors (Lipinski definition) is 0. The SMILES string of the molecule is C=N/C=C(C)/C=C(/Cc1c(Cl)c(OC)cc(OCC)c1Cl)c1nccn1C. The second-order valence-corrected chi connectivity index (χ2v) is 6.64. The summed E-state index contributed by atoms with van der Waals surface area (Å²) >= 11 is 13.2. The Bertz CT molecular complexity index is 886. The molecular weight excluding hydrogens is 385 g/mol. The van der Waals surface area contributed by atoms with E-state index in [1.165, 1.54) is 0 Å². The van der Waals surface area contributed by atoms with E-state index in [1.807, 2.05) is 37.7 Å². The van der Waals surface area contributed by atoms with Crippen molar-refractivity contribution in [2.75, 3.05) is 13.7 Å². The number of rotatable bonds is 8. The topological polar surface area (TPSA) is 48.6 Å². The Kier molecular flexibility index (Phi) is 7.51. The van der Waals surface area contributed by atoms with Gasteiger partial charge >= 0.3 is 0 Å². The maximum atomic E-state index is 6.60. The van der Waals surface area contributed by atoms with Crippen LogP contribution in [0.5, 0.6) is 11.5 Å². The third kappa shape index (κ3) is 4.93. The predicted octanol–water partition coefficient (Wildman–Crippen LogP) is 5.36. The maximum Gasteiger partial charge on any atom is 0.141 e. The Balaban J connectivity index is 2.61. The summed E-state index contributed by atoms with van der Waals surface area (Å²) in [5.41, 5.74) is 2.58. The molecule has 1 aromatic heterocycles. The fourth-order valence-electron chi connectivity index (χ4n) is 2.72. The van der Waals surface area contributed by atoms with Gasteiger partial charge in [0.05, 0.1) is 23.8 Å². The zero-order chi connectivity index (χ0) is 20.0. The maximum absolute atomic E-state index is 6.60. The number of aliphatic imine (C=N–C) groups is 1. The average molecular weight is 408 g/mol. The summed E-state index contributed by atoms with van der Waals surface area (Å²) in [4.78, 5) is 8.28. The molecule has 0 N–H and O–H groups in total. The zero-order valence-corrected chi connectivity index (χ0v) is 17.4. The molecule has 144 valence electrons. The van der Waals surface area contributed by atoms with Gasteiger partial charge in [-0.3, -0.25) is 4.99 Å². The van der Waals surface area contributed by atoms with Crippen LogP contribution < -0.4 is 9.47 Å². The van der Waals surface area contributed by atoms with E-state index in [-0.39, 0.29) is 0 Å². The highest BCUT2D eigenvalue weighted by Gasteiger charge is 2.20. The minimum absolute atomic E-state index is 0.447. The number of allylic oxidation sites excluding steroid dienone is 3. The van der Waals surface area contributed by atoms with Crippen LogP contribution in [-0.4, -0.2) is 30.0 Å². The lowest BCUT2D eigenvalue weighted by Crippen LogP contribution is -2.03. The largest absolute Gasteiger partial charge is 0.495 e. The molecular formula is C20H23Cl2N3O2. The standard InChI is InChI=1S/C20H23Cl2N3O2/c1-6-27-17-11-16(26-5)18(21)15(19(17)22)10-14(9-13(2)12-23-3)20-24-7-8-25(20)4/h7-9,11-12H,3,6,10H2,1-2,4-5H3/b13-12+,14-9-. The number of benzene rings is 1. The van der Waals surface area contributed by atoms with Crippen LogP contribution >= 0.6 is 23.2 Å². The van der Waals surface area contributed by atoms with Crippen LogP contribution in [0.2, 0.25) is 10.0 Å². The summed E-state index contributed by atoms with van der Waals surface area (Å²) in [5, 5.41) is 0.917. The lowest BCUT2D eigenvalue weighted by Gasteiger charge is -2.17. The van der Waals surface area contributed by atoms with Gasteiger partial charge in [0.25, 0.3) is 0 Å². The van der Waals surface area contributed by atoms with Crippen LogP contribution in [0.3, 0.4) is 0 Å². The first-order valence-corrected chi connectivity index (χ1v) is 9.17. The molecule has 7 heteroatoms. The van der Waals surface area contributed by atoms with E-state index in [9.17, 15) is 0 Å². The van der Waals surface area contributed by atoms with Crippen LogP contribution in [0, 0.1) is 0 Å². The summed E-state index contributed by atoms with van der Waals surface area (Å²) in [6.07, 6.45) is 7.75. The Morgan fingerprint density at radius 2 is 2.04 bits per heavy atom. The van der Waals surface area contributed by atoms with E-state index in [0.29, 0.717) is 34.6 Å². The number of imidazole rings is 1. The molecule has 2 rings (SSSR count). The average Bonchev–Trinajstić information content (AvgIpc) is 3.06. The second kappa shape index (κ2) is 9.62. The molecule has 0 aliphatic rings. The van der Waals surface area contributed by atoms with Crippen molar-refractivity contribution in [2.45, 2.75) is 20.3 Å². The number of aryl methyl sites for hydroxylation is 1. The van der Waals surface area contributed by atoms with E-state index < -0.39 is 0 Å². The summed E-state index contributed by atoms with van der Waals surface area (Å²) in [7, 11) is 3.49. The van der Waals surface area contributed by atoms with Gasteiger partial charge in [0, 0.05) is 43.7 Å². The van der Waals surface area contributed by atoms with E-state index >= 15 is 0 Å². The Hall–Kier alpha value is -2.24. The van der Waals surface area contributed by atoms with Gasteiger partial charge in [-0.25, -0.2) is 4.98 Å². The van der Waals surface area contributed by atoms with Crippen LogP contribution in [-0.2, 0) is 13.5 Å². The monoisotopic (exact) mass is 407 g/mol. The molecule has 0 saturated heterocycles. The van der Waals surface area contributed by atoms with Gasteiger partial charge in [-0.1, -0.05) is 29.3 Å². The minimum Gasteiger partial charge on any atom is -0.495 e. The van der Waals surface area contributed by atoms with E-state index in [2.05, 4.69) is 16.7 Å². The van der Waals surface area contributed by atoms with Crippen LogP contribution in [0.15, 0.2) is 41.3 Å².